The number of aromatic nitrogens is 1. The number of H-pyrrole nitrogens is 1. The highest BCUT2D eigenvalue weighted by atomic mass is 16.5. The van der Waals surface area contributed by atoms with Gasteiger partial charge >= 0.3 is 0 Å². The standard InChI is InChI=1S/C37H50N6O6/c1-9-22(4)31(43(7)8)35(47)41-30(21(2)3)34(46)42-32-36(48)40-28(18-24-19-38-27-13-11-10-12-26(24)27)33(45)39-20-29(44)23-14-16-25(17-15-23)49-37(32,5)6/h10-17,19,21-22,28,30-32,38H,9,18,20H2,1-8H3,(H,39,45)(H,40,48)(H,41,47)(H,42,46)/t22?,28-,30-,31-,32+/m0/s1. The lowest BCUT2D eigenvalue weighted by Crippen LogP contribution is -2.65. The second kappa shape index (κ2) is 15.7. The number of fused-ring (bicyclic) bond motifs is 12. The molecule has 12 heteroatoms. The Morgan fingerprint density at radius 3 is 2.29 bits per heavy atom. The first-order valence-corrected chi connectivity index (χ1v) is 16.8. The maximum absolute atomic E-state index is 14.3. The van der Waals surface area contributed by atoms with Crippen molar-refractivity contribution < 1.29 is 28.7 Å². The second-order valence-electron chi connectivity index (χ2n) is 14.0. The molecule has 0 saturated carbocycles. The lowest BCUT2D eigenvalue weighted by Gasteiger charge is -2.37. The molecule has 4 amide bonds. The summed E-state index contributed by atoms with van der Waals surface area (Å²) in [4.78, 5) is 73.4. The molecule has 1 unspecified atom stereocenters. The van der Waals surface area contributed by atoms with E-state index in [9.17, 15) is 24.0 Å². The van der Waals surface area contributed by atoms with E-state index in [1.165, 1.54) is 0 Å². The van der Waals surface area contributed by atoms with Crippen LogP contribution in [0.5, 0.6) is 5.75 Å². The third-order valence-electron chi connectivity index (χ3n) is 9.21. The van der Waals surface area contributed by atoms with Crippen LogP contribution < -0.4 is 26.0 Å². The molecule has 12 nitrogen and oxygen atoms in total. The number of para-hydroxylation sites is 1. The Labute approximate surface area is 288 Å². The average molecular weight is 675 g/mol. The zero-order valence-electron chi connectivity index (χ0n) is 29.7. The van der Waals surface area contributed by atoms with E-state index in [0.717, 1.165) is 22.9 Å². The summed E-state index contributed by atoms with van der Waals surface area (Å²) in [6.45, 7) is 10.7. The fraction of sp³-hybridized carbons (Fsp3) is 0.486. The predicted molar refractivity (Wildman–Crippen MR) is 188 cm³/mol. The number of carbonyl (C=O) groups is 5. The quantitative estimate of drug-likeness (QED) is 0.221. The maximum Gasteiger partial charge on any atom is 0.247 e. The number of hydrogen-bond donors (Lipinski definition) is 5. The van der Waals surface area contributed by atoms with Crippen LogP contribution in [0.25, 0.3) is 10.9 Å². The van der Waals surface area contributed by atoms with E-state index in [2.05, 4.69) is 26.3 Å². The molecule has 0 aliphatic carbocycles. The third kappa shape index (κ3) is 8.86. The minimum Gasteiger partial charge on any atom is -0.485 e. The minimum atomic E-state index is -1.36. The fourth-order valence-corrected chi connectivity index (χ4v) is 6.23. The van der Waals surface area contributed by atoms with Crippen molar-refractivity contribution in [3.63, 3.8) is 0 Å². The summed E-state index contributed by atoms with van der Waals surface area (Å²) in [5.41, 5.74) is 0.683. The summed E-state index contributed by atoms with van der Waals surface area (Å²) >= 11 is 0. The van der Waals surface area contributed by atoms with E-state index < -0.39 is 47.5 Å². The molecule has 2 aliphatic rings. The molecular weight excluding hydrogens is 624 g/mol. The van der Waals surface area contributed by atoms with Gasteiger partial charge in [-0.2, -0.15) is 0 Å². The van der Waals surface area contributed by atoms with Gasteiger partial charge in [-0.1, -0.05) is 52.3 Å². The molecule has 2 aromatic carbocycles. The van der Waals surface area contributed by atoms with Crippen molar-refractivity contribution in [2.45, 2.75) is 84.2 Å². The number of nitrogens with zero attached hydrogens (tertiary/aromatic N) is 1. The van der Waals surface area contributed by atoms with Crippen LogP contribution in [0, 0.1) is 11.8 Å². The molecular formula is C37H50N6O6. The Hall–Kier alpha value is -4.71. The molecule has 5 rings (SSSR count). The predicted octanol–water partition coefficient (Wildman–Crippen LogP) is 2.97. The number of hydrogen-bond acceptors (Lipinski definition) is 7. The Morgan fingerprint density at radius 1 is 0.980 bits per heavy atom. The van der Waals surface area contributed by atoms with Crippen LogP contribution in [-0.2, 0) is 25.6 Å². The normalized spacial score (nSPS) is 20.2. The maximum atomic E-state index is 14.3. The zero-order chi connectivity index (χ0) is 36.0. The zero-order valence-corrected chi connectivity index (χ0v) is 29.7. The molecule has 5 atom stereocenters. The molecule has 0 spiro atoms. The SMILES string of the molecule is CCC(C)[C@@H](C(=O)N[C@H](C(=O)N[C@@H]1C(=O)N[C@@H](Cc2c[nH]c3ccccc23)C(=O)NCC(=O)c2ccc(cc2)OC1(C)C)C(C)C)N(C)C. The van der Waals surface area contributed by atoms with Crippen LogP contribution >= 0.6 is 0 Å². The molecule has 3 heterocycles. The van der Waals surface area contributed by atoms with Crippen LogP contribution in [0.15, 0.2) is 54.7 Å². The molecule has 264 valence electrons. The van der Waals surface area contributed by atoms with E-state index in [-0.39, 0.29) is 36.5 Å². The number of Topliss-reactive ketones (excluding diaryl/α,β-unsaturated/α-hetero) is 1. The summed E-state index contributed by atoms with van der Waals surface area (Å²) in [5, 5.41) is 12.2. The topological polar surface area (TPSA) is 162 Å². The Kier molecular flexibility index (Phi) is 11.9. The number of rotatable bonds is 10. The molecule has 3 aromatic rings. The minimum absolute atomic E-state index is 0.0329. The van der Waals surface area contributed by atoms with E-state index in [1.54, 1.807) is 44.3 Å². The number of nitrogens with one attached hydrogen (secondary N) is 5. The third-order valence-corrected chi connectivity index (χ3v) is 9.21. The van der Waals surface area contributed by atoms with Crippen molar-refractivity contribution in [2.75, 3.05) is 20.6 Å². The van der Waals surface area contributed by atoms with Gasteiger partial charge in [0, 0.05) is 29.1 Å². The lowest BCUT2D eigenvalue weighted by molar-refractivity contribution is -0.138. The van der Waals surface area contributed by atoms with Gasteiger partial charge in [-0.05, 0) is 75.7 Å². The number of likely N-dealkylation sites (N-methyl/N-ethyl adjacent to an activating group) is 1. The van der Waals surface area contributed by atoms with Gasteiger partial charge in [0.25, 0.3) is 0 Å². The number of aromatic amines is 1. The highest BCUT2D eigenvalue weighted by molar-refractivity contribution is 6.01. The number of ether oxygens (including phenoxy) is 1. The van der Waals surface area contributed by atoms with Crippen LogP contribution in [0.4, 0.5) is 0 Å². The summed E-state index contributed by atoms with van der Waals surface area (Å²) < 4.78 is 6.29. The van der Waals surface area contributed by atoms with Crippen molar-refractivity contribution in [1.82, 2.24) is 31.2 Å². The highest BCUT2D eigenvalue weighted by Crippen LogP contribution is 2.24. The number of amides is 4. The fourth-order valence-electron chi connectivity index (χ4n) is 6.23. The molecule has 2 aliphatic heterocycles. The van der Waals surface area contributed by atoms with Crippen molar-refractivity contribution in [2.24, 2.45) is 11.8 Å². The molecule has 0 saturated heterocycles. The van der Waals surface area contributed by atoms with Gasteiger partial charge in [0.2, 0.25) is 23.6 Å². The van der Waals surface area contributed by atoms with E-state index in [1.807, 2.05) is 71.0 Å². The Morgan fingerprint density at radius 2 is 1.65 bits per heavy atom. The van der Waals surface area contributed by atoms with E-state index in [0.29, 0.717) is 11.3 Å². The molecule has 2 bridgehead atoms. The van der Waals surface area contributed by atoms with Crippen molar-refractivity contribution in [1.29, 1.82) is 0 Å². The van der Waals surface area contributed by atoms with Crippen molar-refractivity contribution in [3.8, 4) is 5.75 Å². The first-order valence-electron chi connectivity index (χ1n) is 16.8. The highest BCUT2D eigenvalue weighted by Gasteiger charge is 2.42. The molecule has 0 fully saturated rings. The van der Waals surface area contributed by atoms with Gasteiger partial charge in [-0.25, -0.2) is 0 Å². The van der Waals surface area contributed by atoms with Gasteiger partial charge < -0.3 is 31.0 Å². The van der Waals surface area contributed by atoms with E-state index in [4.69, 9.17) is 4.74 Å². The monoisotopic (exact) mass is 674 g/mol. The largest absolute Gasteiger partial charge is 0.485 e. The van der Waals surface area contributed by atoms with Crippen molar-refractivity contribution >= 4 is 40.3 Å². The van der Waals surface area contributed by atoms with Gasteiger partial charge in [0.05, 0.1) is 12.6 Å². The van der Waals surface area contributed by atoms with Gasteiger partial charge in [0.1, 0.15) is 29.5 Å². The van der Waals surface area contributed by atoms with Gasteiger partial charge in [0.15, 0.2) is 5.78 Å². The number of benzene rings is 2. The summed E-state index contributed by atoms with van der Waals surface area (Å²) in [6.07, 6.45) is 2.66. The average Bonchev–Trinajstić information content (AvgIpc) is 3.46. The second-order valence-corrected chi connectivity index (χ2v) is 14.0. The first kappa shape index (κ1) is 37.1. The van der Waals surface area contributed by atoms with E-state index >= 15 is 0 Å². The van der Waals surface area contributed by atoms with Gasteiger partial charge in [-0.15, -0.1) is 0 Å². The Balaban J connectivity index is 1.69. The van der Waals surface area contributed by atoms with Gasteiger partial charge in [-0.3, -0.25) is 28.9 Å². The van der Waals surface area contributed by atoms with Crippen molar-refractivity contribution in [3.05, 3.63) is 65.9 Å². The summed E-state index contributed by atoms with van der Waals surface area (Å²) in [6, 6.07) is 10.2. The van der Waals surface area contributed by atoms with Crippen LogP contribution in [0.3, 0.4) is 0 Å². The first-order chi connectivity index (χ1) is 23.1. The van der Waals surface area contributed by atoms with Crippen LogP contribution in [0.1, 0.15) is 63.9 Å². The Bertz CT molecular complexity index is 1660. The molecule has 1 aromatic heterocycles. The molecule has 49 heavy (non-hydrogen) atoms. The molecule has 5 N–H and O–H groups in total. The number of ketones is 1. The summed E-state index contributed by atoms with van der Waals surface area (Å²) in [5.74, 6) is -2.29. The number of carbonyl (C=O) groups excluding carboxylic acids is 5. The smallest absolute Gasteiger partial charge is 0.247 e. The lowest BCUT2D eigenvalue weighted by atomic mass is 9.93. The van der Waals surface area contributed by atoms with Crippen LogP contribution in [-0.4, -0.2) is 89.7 Å². The van der Waals surface area contributed by atoms with Crippen LogP contribution in [0.2, 0.25) is 0 Å². The summed E-state index contributed by atoms with van der Waals surface area (Å²) in [7, 11) is 3.65. The molecule has 0 radical (unpaired) electrons.